The van der Waals surface area contributed by atoms with Crippen LogP contribution in [0.15, 0.2) is 22.9 Å². The minimum absolute atomic E-state index is 0.0586. The zero-order chi connectivity index (χ0) is 10.2. The molecule has 1 aliphatic carbocycles. The highest BCUT2D eigenvalue weighted by molar-refractivity contribution is 9.10. The second-order valence-electron chi connectivity index (χ2n) is 3.29. The Bertz CT molecular complexity index is 328. The Balaban J connectivity index is 1.84. The average Bonchev–Trinajstić information content (AvgIpc) is 2.73. The van der Waals surface area contributed by atoms with E-state index in [4.69, 9.17) is 4.74 Å². The summed E-state index contributed by atoms with van der Waals surface area (Å²) in [6.45, 7) is 0.0658. The number of alkyl halides is 2. The number of hydrogen-bond donors (Lipinski definition) is 0. The third-order valence-corrected chi connectivity index (χ3v) is 2.58. The third-order valence-electron chi connectivity index (χ3n) is 2.11. The highest BCUT2D eigenvalue weighted by atomic mass is 79.9. The van der Waals surface area contributed by atoms with Gasteiger partial charge in [0.25, 0.3) is 5.92 Å². The molecule has 0 aromatic carbocycles. The molecule has 0 radical (unpaired) electrons. The van der Waals surface area contributed by atoms with E-state index < -0.39 is 11.8 Å². The van der Waals surface area contributed by atoms with Gasteiger partial charge in [-0.2, -0.15) is 0 Å². The molecule has 0 aliphatic heterocycles. The summed E-state index contributed by atoms with van der Waals surface area (Å²) in [5.41, 5.74) is 0. The van der Waals surface area contributed by atoms with Crippen LogP contribution in [0.3, 0.4) is 0 Å². The first-order valence-electron chi connectivity index (χ1n) is 4.20. The van der Waals surface area contributed by atoms with E-state index in [0.717, 1.165) is 0 Å². The van der Waals surface area contributed by atoms with E-state index in [2.05, 4.69) is 20.9 Å². The standard InChI is InChI=1S/C9H8BrF2NO/c10-8-2-1-7(4-13-8)14-5-6-3-9(6,11)12/h1-2,4,6H,3,5H2. The average molecular weight is 264 g/mol. The predicted molar refractivity (Wildman–Crippen MR) is 50.5 cm³/mol. The summed E-state index contributed by atoms with van der Waals surface area (Å²) in [5, 5.41) is 0. The third kappa shape index (κ3) is 2.20. The molecule has 0 bridgehead atoms. The van der Waals surface area contributed by atoms with Gasteiger partial charge >= 0.3 is 0 Å². The lowest BCUT2D eigenvalue weighted by atomic mass is 10.4. The lowest BCUT2D eigenvalue weighted by Gasteiger charge is -2.04. The summed E-state index contributed by atoms with van der Waals surface area (Å²) in [6, 6.07) is 3.40. The summed E-state index contributed by atoms with van der Waals surface area (Å²) in [6.07, 6.45) is 1.45. The molecule has 0 spiro atoms. The van der Waals surface area contributed by atoms with Gasteiger partial charge in [0.1, 0.15) is 10.4 Å². The summed E-state index contributed by atoms with van der Waals surface area (Å²) in [5.74, 6) is -2.61. The van der Waals surface area contributed by atoms with Crippen LogP contribution in [0.1, 0.15) is 6.42 Å². The second-order valence-corrected chi connectivity index (χ2v) is 4.10. The van der Waals surface area contributed by atoms with E-state index in [1.54, 1.807) is 12.1 Å². The monoisotopic (exact) mass is 263 g/mol. The minimum Gasteiger partial charge on any atom is -0.491 e. The van der Waals surface area contributed by atoms with Crippen molar-refractivity contribution in [3.8, 4) is 5.75 Å². The number of hydrogen-bond acceptors (Lipinski definition) is 2. The molecule has 1 unspecified atom stereocenters. The molecule has 0 N–H and O–H groups in total. The van der Waals surface area contributed by atoms with Crippen LogP contribution in [0.5, 0.6) is 5.75 Å². The van der Waals surface area contributed by atoms with Gasteiger partial charge in [-0.15, -0.1) is 0 Å². The molecule has 0 saturated heterocycles. The lowest BCUT2D eigenvalue weighted by Crippen LogP contribution is -2.05. The van der Waals surface area contributed by atoms with Crippen LogP contribution in [-0.4, -0.2) is 17.5 Å². The molecule has 1 aliphatic rings. The Hall–Kier alpha value is -0.710. The topological polar surface area (TPSA) is 22.1 Å². The highest BCUT2D eigenvalue weighted by Crippen LogP contribution is 2.48. The molecule has 1 atom stereocenters. The van der Waals surface area contributed by atoms with Crippen molar-refractivity contribution < 1.29 is 13.5 Å². The van der Waals surface area contributed by atoms with E-state index in [9.17, 15) is 8.78 Å². The Morgan fingerprint density at radius 1 is 1.57 bits per heavy atom. The van der Waals surface area contributed by atoms with Crippen molar-refractivity contribution in [3.05, 3.63) is 22.9 Å². The van der Waals surface area contributed by atoms with Gasteiger partial charge in [0, 0.05) is 6.42 Å². The van der Waals surface area contributed by atoms with Gasteiger partial charge < -0.3 is 4.74 Å². The van der Waals surface area contributed by atoms with Gasteiger partial charge in [0.2, 0.25) is 0 Å². The molecule has 1 fully saturated rings. The van der Waals surface area contributed by atoms with Crippen molar-refractivity contribution in [1.29, 1.82) is 0 Å². The van der Waals surface area contributed by atoms with E-state index in [1.807, 2.05) is 0 Å². The number of rotatable bonds is 3. The zero-order valence-electron chi connectivity index (χ0n) is 7.21. The molecule has 14 heavy (non-hydrogen) atoms. The largest absolute Gasteiger partial charge is 0.491 e. The van der Waals surface area contributed by atoms with Crippen molar-refractivity contribution in [2.75, 3.05) is 6.61 Å². The lowest BCUT2D eigenvalue weighted by molar-refractivity contribution is 0.0855. The smallest absolute Gasteiger partial charge is 0.255 e. The molecular formula is C9H8BrF2NO. The van der Waals surface area contributed by atoms with Crippen molar-refractivity contribution >= 4 is 15.9 Å². The maximum atomic E-state index is 12.5. The molecule has 1 saturated carbocycles. The maximum absolute atomic E-state index is 12.5. The van der Waals surface area contributed by atoms with E-state index in [1.165, 1.54) is 6.20 Å². The number of pyridine rings is 1. The molecule has 5 heteroatoms. The van der Waals surface area contributed by atoms with E-state index in [-0.39, 0.29) is 13.0 Å². The van der Waals surface area contributed by atoms with Crippen LogP contribution in [0.25, 0.3) is 0 Å². The summed E-state index contributed by atoms with van der Waals surface area (Å²) >= 11 is 3.17. The fourth-order valence-corrected chi connectivity index (χ4v) is 1.33. The summed E-state index contributed by atoms with van der Waals surface area (Å²) < 4.78 is 30.8. The predicted octanol–water partition coefficient (Wildman–Crippen LogP) is 2.88. The molecule has 1 heterocycles. The second kappa shape index (κ2) is 3.46. The molecule has 2 rings (SSSR count). The first-order valence-corrected chi connectivity index (χ1v) is 4.99. The van der Waals surface area contributed by atoms with Gasteiger partial charge in [-0.3, -0.25) is 0 Å². The highest BCUT2D eigenvalue weighted by Gasteiger charge is 2.57. The molecule has 2 nitrogen and oxygen atoms in total. The van der Waals surface area contributed by atoms with Crippen LogP contribution in [-0.2, 0) is 0 Å². The number of nitrogens with zero attached hydrogens (tertiary/aromatic N) is 1. The normalized spacial score (nSPS) is 23.2. The quantitative estimate of drug-likeness (QED) is 0.783. The van der Waals surface area contributed by atoms with Crippen LogP contribution in [0.2, 0.25) is 0 Å². The molecule has 1 aromatic rings. The fraction of sp³-hybridized carbons (Fsp3) is 0.444. The van der Waals surface area contributed by atoms with Crippen LogP contribution in [0.4, 0.5) is 8.78 Å². The number of aromatic nitrogens is 1. The van der Waals surface area contributed by atoms with Crippen LogP contribution >= 0.6 is 15.9 Å². The zero-order valence-corrected chi connectivity index (χ0v) is 8.80. The van der Waals surface area contributed by atoms with Crippen molar-refractivity contribution in [1.82, 2.24) is 4.98 Å². The van der Waals surface area contributed by atoms with Gasteiger partial charge in [-0.05, 0) is 28.1 Å². The van der Waals surface area contributed by atoms with Gasteiger partial charge in [-0.25, -0.2) is 13.8 Å². The van der Waals surface area contributed by atoms with Crippen LogP contribution < -0.4 is 4.74 Å². The SMILES string of the molecule is FC1(F)CC1COc1ccc(Br)nc1. The minimum atomic E-state index is -2.51. The molecule has 76 valence electrons. The first kappa shape index (κ1) is 9.83. The number of halogens is 3. The summed E-state index contributed by atoms with van der Waals surface area (Å²) in [4.78, 5) is 3.92. The Labute approximate surface area is 88.4 Å². The van der Waals surface area contributed by atoms with Crippen molar-refractivity contribution in [2.24, 2.45) is 5.92 Å². The summed E-state index contributed by atoms with van der Waals surface area (Å²) in [7, 11) is 0. The molecular weight excluding hydrogens is 256 g/mol. The maximum Gasteiger partial charge on any atom is 0.255 e. The first-order chi connectivity index (χ1) is 6.58. The van der Waals surface area contributed by atoms with Crippen molar-refractivity contribution in [2.45, 2.75) is 12.3 Å². The Kier molecular flexibility index (Phi) is 2.43. The number of ether oxygens (including phenoxy) is 1. The fourth-order valence-electron chi connectivity index (χ4n) is 1.09. The Morgan fingerprint density at radius 3 is 2.79 bits per heavy atom. The van der Waals surface area contributed by atoms with Gasteiger partial charge in [0.15, 0.2) is 0 Å². The van der Waals surface area contributed by atoms with E-state index in [0.29, 0.717) is 10.4 Å². The van der Waals surface area contributed by atoms with Crippen molar-refractivity contribution in [3.63, 3.8) is 0 Å². The van der Waals surface area contributed by atoms with Gasteiger partial charge in [0.05, 0.1) is 18.7 Å². The molecule has 0 amide bonds. The molecule has 1 aromatic heterocycles. The Morgan fingerprint density at radius 2 is 2.29 bits per heavy atom. The van der Waals surface area contributed by atoms with E-state index >= 15 is 0 Å². The van der Waals surface area contributed by atoms with Gasteiger partial charge in [-0.1, -0.05) is 0 Å². The van der Waals surface area contributed by atoms with Crippen LogP contribution in [0, 0.1) is 5.92 Å².